The minimum absolute atomic E-state index is 0.0130. The molecule has 5 fully saturated rings. The summed E-state index contributed by atoms with van der Waals surface area (Å²) in [5, 5.41) is 0. The summed E-state index contributed by atoms with van der Waals surface area (Å²) in [7, 11) is 0. The van der Waals surface area contributed by atoms with Gasteiger partial charge in [-0.15, -0.1) is 0 Å². The molecule has 1 aromatic rings. The van der Waals surface area contributed by atoms with E-state index in [9.17, 15) is 9.59 Å². The Morgan fingerprint density at radius 3 is 2.54 bits per heavy atom. The molecule has 1 aliphatic heterocycles. The highest BCUT2D eigenvalue weighted by Gasteiger charge is 2.69. The van der Waals surface area contributed by atoms with Crippen molar-refractivity contribution < 1.29 is 14.3 Å². The smallest absolute Gasteiger partial charge is 0.145 e. The molecular formula is C22H27NO3. The first-order valence-corrected chi connectivity index (χ1v) is 10.0. The number of ether oxygens (including phenoxy) is 1. The highest BCUT2D eigenvalue weighted by molar-refractivity contribution is 5.98. The van der Waals surface area contributed by atoms with Crippen molar-refractivity contribution in [2.24, 2.45) is 17.8 Å². The molecule has 4 bridgehead atoms. The minimum atomic E-state index is -0.444. The summed E-state index contributed by atoms with van der Waals surface area (Å²) < 4.78 is 5.57. The number of benzene rings is 1. The average molecular weight is 353 g/mol. The van der Waals surface area contributed by atoms with Crippen molar-refractivity contribution in [2.75, 3.05) is 26.3 Å². The van der Waals surface area contributed by atoms with Gasteiger partial charge in [0.2, 0.25) is 0 Å². The van der Waals surface area contributed by atoms with E-state index in [0.29, 0.717) is 43.5 Å². The van der Waals surface area contributed by atoms with Crippen molar-refractivity contribution >= 4 is 11.6 Å². The SMILES string of the molecule is C[C@@H]1C[C@H]2C[C@@]3(c4ccccc4)C[C@@H](C1=O)[C@@]2(N1CCOCC1)CC3=O. The van der Waals surface area contributed by atoms with E-state index in [4.69, 9.17) is 4.74 Å². The van der Waals surface area contributed by atoms with E-state index in [0.717, 1.165) is 31.5 Å². The minimum Gasteiger partial charge on any atom is -0.379 e. The van der Waals surface area contributed by atoms with Gasteiger partial charge in [0.25, 0.3) is 0 Å². The first-order valence-electron chi connectivity index (χ1n) is 10.0. The number of morpholine rings is 1. The predicted octanol–water partition coefficient (Wildman–Crippen LogP) is 2.60. The van der Waals surface area contributed by atoms with Gasteiger partial charge in [0.05, 0.1) is 18.6 Å². The summed E-state index contributed by atoms with van der Waals surface area (Å²) in [5.41, 5.74) is 0.430. The zero-order valence-electron chi connectivity index (χ0n) is 15.4. The van der Waals surface area contributed by atoms with Gasteiger partial charge in [0, 0.05) is 36.9 Å². The fourth-order valence-corrected chi connectivity index (χ4v) is 6.66. The molecule has 5 aliphatic rings. The van der Waals surface area contributed by atoms with Crippen LogP contribution < -0.4 is 0 Å². The molecule has 26 heavy (non-hydrogen) atoms. The Labute approximate surface area is 154 Å². The van der Waals surface area contributed by atoms with Crippen molar-refractivity contribution in [2.45, 2.75) is 43.6 Å². The Hall–Kier alpha value is -1.52. The van der Waals surface area contributed by atoms with Gasteiger partial charge in [-0.3, -0.25) is 14.5 Å². The number of carbonyl (C=O) groups excluding carboxylic acids is 2. The quantitative estimate of drug-likeness (QED) is 0.820. The standard InChI is InChI=1S/C22H27NO3/c1-15-11-17-12-21(16-5-3-2-4-6-16)13-18(20(15)25)22(17,14-19(21)24)23-7-9-26-10-8-23/h2-6,15,17-18H,7-14H2,1H3/t15-,17+,18+,21+,22-/m1/s1. The summed E-state index contributed by atoms with van der Waals surface area (Å²) in [6.07, 6.45) is 3.07. The normalized spacial score (nSPS) is 42.9. The second-order valence-corrected chi connectivity index (χ2v) is 8.84. The molecule has 0 unspecified atom stereocenters. The Morgan fingerprint density at radius 1 is 1.08 bits per heavy atom. The van der Waals surface area contributed by atoms with Crippen LogP contribution in [-0.4, -0.2) is 48.3 Å². The van der Waals surface area contributed by atoms with Gasteiger partial charge in [0.15, 0.2) is 0 Å². The molecule has 0 amide bonds. The topological polar surface area (TPSA) is 46.6 Å². The lowest BCUT2D eigenvalue weighted by Gasteiger charge is -2.67. The van der Waals surface area contributed by atoms with Crippen LogP contribution in [0.3, 0.4) is 0 Å². The molecule has 0 aromatic heterocycles. The fraction of sp³-hybridized carbons (Fsp3) is 0.636. The van der Waals surface area contributed by atoms with Gasteiger partial charge in [0.1, 0.15) is 11.6 Å². The van der Waals surface area contributed by atoms with Gasteiger partial charge < -0.3 is 4.74 Å². The van der Waals surface area contributed by atoms with Crippen molar-refractivity contribution in [1.29, 1.82) is 0 Å². The van der Waals surface area contributed by atoms with Crippen molar-refractivity contribution in [3.05, 3.63) is 35.9 Å². The molecular weight excluding hydrogens is 326 g/mol. The maximum Gasteiger partial charge on any atom is 0.145 e. The molecule has 6 rings (SSSR count). The molecule has 4 nitrogen and oxygen atoms in total. The third-order valence-electron chi connectivity index (χ3n) is 7.83. The van der Waals surface area contributed by atoms with E-state index in [-0.39, 0.29) is 17.4 Å². The maximum atomic E-state index is 13.5. The van der Waals surface area contributed by atoms with Crippen molar-refractivity contribution in [3.8, 4) is 0 Å². The summed E-state index contributed by atoms with van der Waals surface area (Å²) >= 11 is 0. The Morgan fingerprint density at radius 2 is 1.81 bits per heavy atom. The Balaban J connectivity index is 1.62. The van der Waals surface area contributed by atoms with Crippen molar-refractivity contribution in [3.63, 3.8) is 0 Å². The van der Waals surface area contributed by atoms with E-state index in [2.05, 4.69) is 24.0 Å². The van der Waals surface area contributed by atoms with Crippen LogP contribution in [0.15, 0.2) is 30.3 Å². The highest BCUT2D eigenvalue weighted by atomic mass is 16.5. The van der Waals surface area contributed by atoms with E-state index in [1.54, 1.807) is 0 Å². The van der Waals surface area contributed by atoms with Crippen LogP contribution in [0.4, 0.5) is 0 Å². The zero-order chi connectivity index (χ0) is 17.9. The molecule has 4 aliphatic carbocycles. The Bertz CT molecular complexity index is 741. The molecule has 0 spiro atoms. The second-order valence-electron chi connectivity index (χ2n) is 8.84. The predicted molar refractivity (Wildman–Crippen MR) is 97.9 cm³/mol. The summed E-state index contributed by atoms with van der Waals surface area (Å²) in [4.78, 5) is 29.2. The summed E-state index contributed by atoms with van der Waals surface area (Å²) in [6, 6.07) is 10.2. The Kier molecular flexibility index (Phi) is 3.67. The third kappa shape index (κ3) is 2.03. The monoisotopic (exact) mass is 353 g/mol. The number of rotatable bonds is 2. The molecule has 4 heteroatoms. The summed E-state index contributed by atoms with van der Waals surface area (Å²) in [6.45, 7) is 5.21. The van der Waals surface area contributed by atoms with E-state index in [1.807, 2.05) is 18.2 Å². The van der Waals surface area contributed by atoms with E-state index < -0.39 is 5.41 Å². The van der Waals surface area contributed by atoms with Crippen LogP contribution >= 0.6 is 0 Å². The third-order valence-corrected chi connectivity index (χ3v) is 7.83. The molecule has 0 radical (unpaired) electrons. The molecule has 4 saturated carbocycles. The molecule has 1 heterocycles. The lowest BCUT2D eigenvalue weighted by molar-refractivity contribution is -0.183. The molecule has 5 atom stereocenters. The average Bonchev–Trinajstić information content (AvgIpc) is 2.68. The largest absolute Gasteiger partial charge is 0.379 e. The first kappa shape index (κ1) is 16.6. The number of carbonyl (C=O) groups is 2. The fourth-order valence-electron chi connectivity index (χ4n) is 6.66. The highest BCUT2D eigenvalue weighted by Crippen LogP contribution is 2.63. The van der Waals surface area contributed by atoms with E-state index in [1.165, 1.54) is 0 Å². The van der Waals surface area contributed by atoms with Gasteiger partial charge in [-0.2, -0.15) is 0 Å². The van der Waals surface area contributed by atoms with Gasteiger partial charge >= 0.3 is 0 Å². The second kappa shape index (κ2) is 5.74. The lowest BCUT2D eigenvalue weighted by Crippen LogP contribution is -2.75. The van der Waals surface area contributed by atoms with Crippen LogP contribution in [0.5, 0.6) is 0 Å². The van der Waals surface area contributed by atoms with Crippen LogP contribution in [0.1, 0.15) is 38.2 Å². The molecule has 138 valence electrons. The van der Waals surface area contributed by atoms with Crippen LogP contribution in [0.2, 0.25) is 0 Å². The number of ketones is 2. The number of fused-ring (bicyclic) bond motifs is 1. The lowest BCUT2D eigenvalue weighted by atomic mass is 9.41. The number of hydrogen-bond donors (Lipinski definition) is 0. The van der Waals surface area contributed by atoms with Crippen LogP contribution in [0.25, 0.3) is 0 Å². The molecule has 0 N–H and O–H groups in total. The van der Waals surface area contributed by atoms with Gasteiger partial charge in [-0.25, -0.2) is 0 Å². The molecule has 1 aromatic carbocycles. The number of Topliss-reactive ketones (excluding diaryl/α,β-unsaturated/α-hetero) is 2. The van der Waals surface area contributed by atoms with Gasteiger partial charge in [-0.1, -0.05) is 37.3 Å². The molecule has 1 saturated heterocycles. The zero-order valence-corrected chi connectivity index (χ0v) is 15.4. The van der Waals surface area contributed by atoms with Gasteiger partial charge in [-0.05, 0) is 30.7 Å². The number of nitrogens with zero attached hydrogens (tertiary/aromatic N) is 1. The maximum absolute atomic E-state index is 13.5. The first-order chi connectivity index (χ1) is 12.6. The number of hydrogen-bond acceptors (Lipinski definition) is 4. The van der Waals surface area contributed by atoms with Crippen molar-refractivity contribution in [1.82, 2.24) is 4.90 Å². The van der Waals surface area contributed by atoms with Crippen LogP contribution in [0, 0.1) is 17.8 Å². The summed E-state index contributed by atoms with van der Waals surface area (Å²) in [5.74, 6) is 1.28. The van der Waals surface area contributed by atoms with E-state index >= 15 is 0 Å². The van der Waals surface area contributed by atoms with Crippen LogP contribution in [-0.2, 0) is 19.7 Å².